The van der Waals surface area contributed by atoms with Crippen molar-refractivity contribution in [2.75, 3.05) is 33.2 Å². The molecule has 2 heterocycles. The molecule has 4 amide bonds. The van der Waals surface area contributed by atoms with Gasteiger partial charge in [0.15, 0.2) is 0 Å². The van der Waals surface area contributed by atoms with Gasteiger partial charge in [0.05, 0.1) is 16.7 Å². The lowest BCUT2D eigenvalue weighted by Crippen LogP contribution is -2.50. The van der Waals surface area contributed by atoms with E-state index in [1.54, 1.807) is 11.0 Å². The molecule has 0 aliphatic carbocycles. The Labute approximate surface area is 166 Å². The fraction of sp³-hybridized carbons (Fsp3) is 0.238. The van der Waals surface area contributed by atoms with Gasteiger partial charge >= 0.3 is 0 Å². The maximum atomic E-state index is 13.9. The fourth-order valence-electron chi connectivity index (χ4n) is 3.59. The summed E-state index contributed by atoms with van der Waals surface area (Å²) in [5.41, 5.74) is 0.832. The Bertz CT molecular complexity index is 1040. The highest BCUT2D eigenvalue weighted by atomic mass is 19.1. The van der Waals surface area contributed by atoms with Crippen molar-refractivity contribution in [2.45, 2.75) is 0 Å². The molecule has 0 saturated carbocycles. The van der Waals surface area contributed by atoms with E-state index < -0.39 is 17.6 Å². The second kappa shape index (κ2) is 7.12. The smallest absolute Gasteiger partial charge is 0.261 e. The van der Waals surface area contributed by atoms with Crippen molar-refractivity contribution in [3.05, 3.63) is 70.5 Å². The van der Waals surface area contributed by atoms with E-state index in [4.69, 9.17) is 0 Å². The molecule has 0 bridgehead atoms. The molecule has 0 unspecified atom stereocenters. The molecule has 2 aliphatic heterocycles. The van der Waals surface area contributed by atoms with Gasteiger partial charge in [-0.3, -0.25) is 24.1 Å². The summed E-state index contributed by atoms with van der Waals surface area (Å²) < 4.78 is 13.9. The lowest BCUT2D eigenvalue weighted by atomic mass is 10.0. The van der Waals surface area contributed by atoms with Crippen molar-refractivity contribution in [3.8, 4) is 0 Å². The SMILES string of the molecule is CN1C(=O)c2ccc(C(=O)N3CCN(C(=O)c4ccccc4F)CC3)cc2C1=O. The van der Waals surface area contributed by atoms with E-state index in [1.807, 2.05) is 0 Å². The second-order valence-corrected chi connectivity index (χ2v) is 6.99. The summed E-state index contributed by atoms with van der Waals surface area (Å²) in [7, 11) is 1.40. The third kappa shape index (κ3) is 3.16. The summed E-state index contributed by atoms with van der Waals surface area (Å²) in [4.78, 5) is 53.6. The number of carbonyl (C=O) groups is 4. The molecule has 0 atom stereocenters. The number of hydrogen-bond acceptors (Lipinski definition) is 4. The van der Waals surface area contributed by atoms with Gasteiger partial charge in [0.2, 0.25) is 0 Å². The molecule has 1 saturated heterocycles. The number of imide groups is 1. The monoisotopic (exact) mass is 395 g/mol. The topological polar surface area (TPSA) is 78.0 Å². The number of fused-ring (bicyclic) bond motifs is 1. The summed E-state index contributed by atoms with van der Waals surface area (Å²) >= 11 is 0. The van der Waals surface area contributed by atoms with Crippen LogP contribution in [0.1, 0.15) is 41.4 Å². The first-order valence-electron chi connectivity index (χ1n) is 9.18. The van der Waals surface area contributed by atoms with Gasteiger partial charge < -0.3 is 9.80 Å². The minimum Gasteiger partial charge on any atom is -0.335 e. The van der Waals surface area contributed by atoms with Crippen LogP contribution in [0.15, 0.2) is 42.5 Å². The van der Waals surface area contributed by atoms with Crippen LogP contribution in [0.2, 0.25) is 0 Å². The van der Waals surface area contributed by atoms with E-state index in [2.05, 4.69) is 0 Å². The first-order valence-corrected chi connectivity index (χ1v) is 9.18. The van der Waals surface area contributed by atoms with Crippen LogP contribution >= 0.6 is 0 Å². The van der Waals surface area contributed by atoms with Crippen molar-refractivity contribution in [3.63, 3.8) is 0 Å². The highest BCUT2D eigenvalue weighted by Gasteiger charge is 2.34. The van der Waals surface area contributed by atoms with E-state index in [-0.39, 0.29) is 41.6 Å². The zero-order valence-corrected chi connectivity index (χ0v) is 15.7. The fourth-order valence-corrected chi connectivity index (χ4v) is 3.59. The van der Waals surface area contributed by atoms with Crippen LogP contribution < -0.4 is 0 Å². The molecule has 8 heteroatoms. The van der Waals surface area contributed by atoms with Crippen LogP contribution in [-0.2, 0) is 0 Å². The molecule has 1 fully saturated rings. The molecular weight excluding hydrogens is 377 g/mol. The summed E-state index contributed by atoms with van der Waals surface area (Å²) in [5.74, 6) is -2.07. The van der Waals surface area contributed by atoms with Gasteiger partial charge in [-0.2, -0.15) is 0 Å². The lowest BCUT2D eigenvalue weighted by Gasteiger charge is -2.35. The maximum absolute atomic E-state index is 13.9. The maximum Gasteiger partial charge on any atom is 0.261 e. The first-order chi connectivity index (χ1) is 13.9. The number of benzene rings is 2. The Morgan fingerprint density at radius 2 is 1.41 bits per heavy atom. The molecule has 2 aliphatic rings. The third-order valence-corrected chi connectivity index (χ3v) is 5.29. The minimum atomic E-state index is -0.571. The Balaban J connectivity index is 1.45. The molecule has 2 aromatic carbocycles. The molecule has 2 aromatic rings. The predicted molar refractivity (Wildman–Crippen MR) is 101 cm³/mol. The van der Waals surface area contributed by atoms with Gasteiger partial charge in [-0.25, -0.2) is 4.39 Å². The first kappa shape index (κ1) is 18.8. The van der Waals surface area contributed by atoms with E-state index in [1.165, 1.54) is 48.3 Å². The third-order valence-electron chi connectivity index (χ3n) is 5.29. The standard InChI is InChI=1S/C21H18FN3O4/c1-23-19(27)14-7-6-13(12-16(14)20(23)28)18(26)24-8-10-25(11-9-24)21(29)15-4-2-3-5-17(15)22/h2-7,12H,8-11H2,1H3. The molecular formula is C21H18FN3O4. The number of nitrogens with zero attached hydrogens (tertiary/aromatic N) is 3. The molecule has 0 aromatic heterocycles. The molecule has 29 heavy (non-hydrogen) atoms. The number of amides is 4. The molecule has 0 N–H and O–H groups in total. The van der Waals surface area contributed by atoms with E-state index in [0.717, 1.165) is 4.90 Å². The Kier molecular flexibility index (Phi) is 4.62. The van der Waals surface area contributed by atoms with Crippen molar-refractivity contribution in [1.82, 2.24) is 14.7 Å². The molecule has 0 spiro atoms. The highest BCUT2D eigenvalue weighted by Crippen LogP contribution is 2.23. The summed E-state index contributed by atoms with van der Waals surface area (Å²) in [6.07, 6.45) is 0. The van der Waals surface area contributed by atoms with Gasteiger partial charge in [-0.15, -0.1) is 0 Å². The largest absolute Gasteiger partial charge is 0.335 e. The average molecular weight is 395 g/mol. The van der Waals surface area contributed by atoms with E-state index in [0.29, 0.717) is 18.7 Å². The Hall–Kier alpha value is -3.55. The van der Waals surface area contributed by atoms with Gasteiger partial charge in [0.25, 0.3) is 23.6 Å². The van der Waals surface area contributed by atoms with Crippen molar-refractivity contribution in [1.29, 1.82) is 0 Å². The van der Waals surface area contributed by atoms with Crippen LogP contribution in [0.5, 0.6) is 0 Å². The molecule has 148 valence electrons. The van der Waals surface area contributed by atoms with Crippen molar-refractivity contribution >= 4 is 23.6 Å². The normalized spacial score (nSPS) is 16.3. The van der Waals surface area contributed by atoms with Crippen LogP contribution in [0, 0.1) is 5.82 Å². The molecule has 4 rings (SSSR count). The van der Waals surface area contributed by atoms with Crippen LogP contribution in [0.25, 0.3) is 0 Å². The lowest BCUT2D eigenvalue weighted by molar-refractivity contribution is 0.0532. The van der Waals surface area contributed by atoms with E-state index in [9.17, 15) is 23.6 Å². The second-order valence-electron chi connectivity index (χ2n) is 6.99. The van der Waals surface area contributed by atoms with Crippen LogP contribution in [0.3, 0.4) is 0 Å². The molecule has 0 radical (unpaired) electrons. The Morgan fingerprint density at radius 1 is 0.828 bits per heavy atom. The number of rotatable bonds is 2. The minimum absolute atomic E-state index is 0.0122. The number of piperazine rings is 1. The number of halogens is 1. The zero-order valence-electron chi connectivity index (χ0n) is 15.7. The average Bonchev–Trinajstić information content (AvgIpc) is 2.97. The van der Waals surface area contributed by atoms with Crippen molar-refractivity contribution < 1.29 is 23.6 Å². The zero-order chi connectivity index (χ0) is 20.7. The van der Waals surface area contributed by atoms with Crippen LogP contribution in [0.4, 0.5) is 4.39 Å². The van der Waals surface area contributed by atoms with E-state index >= 15 is 0 Å². The quantitative estimate of drug-likeness (QED) is 0.725. The van der Waals surface area contributed by atoms with Gasteiger partial charge in [0.1, 0.15) is 5.82 Å². The summed E-state index contributed by atoms with van der Waals surface area (Å²) in [6.45, 7) is 1.15. The van der Waals surface area contributed by atoms with Gasteiger partial charge in [-0.05, 0) is 30.3 Å². The van der Waals surface area contributed by atoms with Gasteiger partial charge in [0, 0.05) is 38.8 Å². The summed E-state index contributed by atoms with van der Waals surface area (Å²) in [6, 6.07) is 10.3. The number of carbonyl (C=O) groups excluding carboxylic acids is 4. The van der Waals surface area contributed by atoms with Crippen molar-refractivity contribution in [2.24, 2.45) is 0 Å². The molecule has 7 nitrogen and oxygen atoms in total. The number of hydrogen-bond donors (Lipinski definition) is 0. The predicted octanol–water partition coefficient (Wildman–Crippen LogP) is 1.65. The highest BCUT2D eigenvalue weighted by molar-refractivity contribution is 6.21. The van der Waals surface area contributed by atoms with Crippen LogP contribution in [-0.4, -0.2) is 71.6 Å². The van der Waals surface area contributed by atoms with Gasteiger partial charge in [-0.1, -0.05) is 12.1 Å². The Morgan fingerprint density at radius 3 is 2.07 bits per heavy atom. The summed E-state index contributed by atoms with van der Waals surface area (Å²) in [5, 5.41) is 0.